The third-order valence-electron chi connectivity index (χ3n) is 10.2. The van der Waals surface area contributed by atoms with Gasteiger partial charge in [0.25, 0.3) is 5.91 Å². The van der Waals surface area contributed by atoms with E-state index in [1.807, 2.05) is 22.4 Å². The highest BCUT2D eigenvalue weighted by molar-refractivity contribution is 7.21. The topological polar surface area (TPSA) is 102 Å². The lowest BCUT2D eigenvalue weighted by Gasteiger charge is -2.34. The number of carboxylic acids is 1. The summed E-state index contributed by atoms with van der Waals surface area (Å²) in [5.41, 5.74) is 1.18. The first-order valence-electron chi connectivity index (χ1n) is 16.4. The number of pyridine rings is 1. The molecule has 0 bridgehead atoms. The monoisotopic (exact) mass is 716 g/mol. The summed E-state index contributed by atoms with van der Waals surface area (Å²) in [6, 6.07) is 4.57. The molecule has 6 heterocycles. The van der Waals surface area contributed by atoms with Crippen molar-refractivity contribution >= 4 is 73.7 Å². The molecule has 1 amide bonds. The first kappa shape index (κ1) is 34.2. The predicted molar refractivity (Wildman–Crippen MR) is 194 cm³/mol. The Balaban J connectivity index is 1.17. The summed E-state index contributed by atoms with van der Waals surface area (Å²) in [5, 5.41) is 16.8. The van der Waals surface area contributed by atoms with Crippen molar-refractivity contribution in [3.8, 4) is 10.6 Å². The number of amides is 1. The van der Waals surface area contributed by atoms with Gasteiger partial charge in [0.05, 0.1) is 26.4 Å². The normalized spacial score (nSPS) is 21.5. The van der Waals surface area contributed by atoms with Gasteiger partial charge in [-0.05, 0) is 76.0 Å². The molecule has 3 aliphatic heterocycles. The van der Waals surface area contributed by atoms with Crippen molar-refractivity contribution in [2.75, 3.05) is 47.8 Å². The van der Waals surface area contributed by atoms with Crippen molar-refractivity contribution in [2.24, 2.45) is 17.8 Å². The number of carbonyl (C=O) groups excluding carboxylic acids is 1. The van der Waals surface area contributed by atoms with Crippen molar-refractivity contribution in [1.82, 2.24) is 14.9 Å². The van der Waals surface area contributed by atoms with Gasteiger partial charge < -0.3 is 14.9 Å². The molecule has 3 aliphatic rings. The molecule has 0 aromatic carbocycles. The van der Waals surface area contributed by atoms with Gasteiger partial charge in [-0.1, -0.05) is 47.5 Å². The van der Waals surface area contributed by atoms with E-state index in [1.54, 1.807) is 17.4 Å². The van der Waals surface area contributed by atoms with Gasteiger partial charge in [-0.2, -0.15) is 0 Å². The van der Waals surface area contributed by atoms with E-state index in [4.69, 9.17) is 28.2 Å². The minimum absolute atomic E-state index is 0.333. The molecule has 9 nitrogen and oxygen atoms in total. The smallest absolute Gasteiger partial charge is 0.306 e. The minimum atomic E-state index is -0.768. The maximum Gasteiger partial charge on any atom is 0.306 e. The second-order valence-electron chi connectivity index (χ2n) is 13.1. The van der Waals surface area contributed by atoms with Gasteiger partial charge in [0.15, 0.2) is 5.13 Å². The van der Waals surface area contributed by atoms with Crippen LogP contribution in [0.3, 0.4) is 0 Å². The van der Waals surface area contributed by atoms with E-state index in [1.165, 1.54) is 36.8 Å². The summed E-state index contributed by atoms with van der Waals surface area (Å²) in [4.78, 5) is 42.3. The fourth-order valence-corrected chi connectivity index (χ4v) is 9.70. The Kier molecular flexibility index (Phi) is 10.8. The van der Waals surface area contributed by atoms with Gasteiger partial charge in [0, 0.05) is 49.8 Å². The fraction of sp³-hybridized carbons (Fsp3) is 0.529. The number of nitrogens with zero attached hydrogens (tertiary/aromatic N) is 5. The lowest BCUT2D eigenvalue weighted by Crippen LogP contribution is -2.44. The van der Waals surface area contributed by atoms with Gasteiger partial charge in [-0.25, -0.2) is 9.97 Å². The van der Waals surface area contributed by atoms with Crippen LogP contribution in [0.15, 0.2) is 36.4 Å². The number of fused-ring (bicyclic) bond motifs is 1. The van der Waals surface area contributed by atoms with Crippen molar-refractivity contribution in [3.05, 3.63) is 52.0 Å². The average Bonchev–Trinajstić information content (AvgIpc) is 3.85. The Morgan fingerprint density at radius 2 is 1.94 bits per heavy atom. The minimum Gasteiger partial charge on any atom is -0.481 e. The first-order valence-corrected chi connectivity index (χ1v) is 18.9. The largest absolute Gasteiger partial charge is 0.481 e. The van der Waals surface area contributed by atoms with E-state index in [9.17, 15) is 14.7 Å². The molecule has 3 fully saturated rings. The zero-order chi connectivity index (χ0) is 33.2. The van der Waals surface area contributed by atoms with Gasteiger partial charge in [-0.3, -0.25) is 19.8 Å². The number of anilines is 3. The highest BCUT2D eigenvalue weighted by atomic mass is 35.5. The Hall–Kier alpha value is -2.70. The van der Waals surface area contributed by atoms with E-state index >= 15 is 0 Å². The Bertz CT molecular complexity index is 1610. The summed E-state index contributed by atoms with van der Waals surface area (Å²) >= 11 is 16.0. The summed E-state index contributed by atoms with van der Waals surface area (Å²) < 4.78 is 0. The van der Waals surface area contributed by atoms with Gasteiger partial charge in [-0.15, -0.1) is 17.9 Å². The van der Waals surface area contributed by atoms with Crippen LogP contribution in [0.5, 0.6) is 0 Å². The van der Waals surface area contributed by atoms with Crippen LogP contribution >= 0.6 is 45.9 Å². The molecular weight excluding hydrogens is 675 g/mol. The maximum absolute atomic E-state index is 13.4. The number of carbonyl (C=O) groups is 2. The number of rotatable bonds is 12. The second-order valence-corrected chi connectivity index (χ2v) is 15.8. The third-order valence-corrected chi connectivity index (χ3v) is 12.7. The molecule has 4 unspecified atom stereocenters. The van der Waals surface area contributed by atoms with Crippen molar-refractivity contribution < 1.29 is 14.7 Å². The number of thiophene rings is 1. The highest BCUT2D eigenvalue weighted by Crippen LogP contribution is 2.46. The lowest BCUT2D eigenvalue weighted by atomic mass is 9.94. The molecular formula is C34H42Cl2N6O3S2. The second kappa shape index (κ2) is 14.8. The quantitative estimate of drug-likeness (QED) is 0.144. The summed E-state index contributed by atoms with van der Waals surface area (Å²) in [7, 11) is 0. The van der Waals surface area contributed by atoms with Crippen LogP contribution < -0.4 is 15.1 Å². The average molecular weight is 718 g/mol. The fourth-order valence-electron chi connectivity index (χ4n) is 7.29. The van der Waals surface area contributed by atoms with Crippen molar-refractivity contribution in [3.63, 3.8) is 0 Å². The molecule has 0 radical (unpaired) electrons. The zero-order valence-electron chi connectivity index (χ0n) is 26.8. The van der Waals surface area contributed by atoms with Crippen LogP contribution in [-0.2, 0) is 4.79 Å². The first-order chi connectivity index (χ1) is 22.6. The van der Waals surface area contributed by atoms with Gasteiger partial charge >= 0.3 is 5.97 Å². The summed E-state index contributed by atoms with van der Waals surface area (Å²) in [6.07, 6.45) is 9.25. The molecule has 0 spiro atoms. The number of carboxylic acid groups (broad SMARTS) is 1. The number of halogens is 2. The molecule has 47 heavy (non-hydrogen) atoms. The van der Waals surface area contributed by atoms with E-state index in [0.717, 1.165) is 41.6 Å². The van der Waals surface area contributed by atoms with Crippen LogP contribution in [0.25, 0.3) is 10.6 Å². The number of unbranched alkanes of at least 4 members (excludes halogenated alkanes) is 1. The molecule has 3 saturated heterocycles. The lowest BCUT2D eigenvalue weighted by molar-refractivity contribution is -0.142. The van der Waals surface area contributed by atoms with Crippen molar-refractivity contribution in [2.45, 2.75) is 64.5 Å². The van der Waals surface area contributed by atoms with Crippen LogP contribution in [0.1, 0.15) is 62.7 Å². The highest BCUT2D eigenvalue weighted by Gasteiger charge is 2.44. The number of thiazole rings is 1. The summed E-state index contributed by atoms with van der Waals surface area (Å²) in [5.74, 6) is 0.329. The maximum atomic E-state index is 13.4. The van der Waals surface area contributed by atoms with Crippen LogP contribution in [0.2, 0.25) is 10.0 Å². The number of aromatic nitrogens is 2. The predicted octanol–water partition coefficient (Wildman–Crippen LogP) is 8.02. The molecule has 2 N–H and O–H groups in total. The standard InChI is InChI=1S/C34H42Cl2N6O3S2/c1-4-5-6-7-20(2)21(3)42-13-10-23-17-41(18-27(23)42)32-29(28-15-25(35)19-46-28)38-34(47-32)39-31(43)24-14-26(36)30(37-16-24)40-11-8-22(9-12-40)33(44)45/h4,14-16,19-23,27H,1,5-13,17-18H2,2-3H3,(H,44,45)(H,38,39,43). The molecule has 0 aliphatic carbocycles. The third kappa shape index (κ3) is 7.49. The molecule has 3 aromatic heterocycles. The van der Waals surface area contributed by atoms with Crippen LogP contribution in [-0.4, -0.2) is 76.7 Å². The molecule has 0 saturated carbocycles. The number of aliphatic carboxylic acids is 1. The number of hydrogen-bond acceptors (Lipinski definition) is 9. The molecule has 252 valence electrons. The molecule has 6 rings (SSSR count). The number of piperidine rings is 1. The molecule has 4 atom stereocenters. The van der Waals surface area contributed by atoms with Gasteiger partial charge in [0.2, 0.25) is 0 Å². The van der Waals surface area contributed by atoms with Crippen LogP contribution in [0.4, 0.5) is 16.0 Å². The van der Waals surface area contributed by atoms with Crippen LogP contribution in [0, 0.1) is 17.8 Å². The summed E-state index contributed by atoms with van der Waals surface area (Å²) in [6.45, 7) is 12.8. The number of hydrogen-bond donors (Lipinski definition) is 2. The van der Waals surface area contributed by atoms with E-state index < -0.39 is 5.97 Å². The molecule has 13 heteroatoms. The number of likely N-dealkylation sites (tertiary alicyclic amines) is 1. The SMILES string of the molecule is C=CCCCC(C)C(C)N1CCC2CN(c3sc(NC(=O)c4cnc(N5CCC(C(=O)O)CC5)c(Cl)c4)nc3-c3cc(Cl)cs3)CC21. The number of allylic oxidation sites excluding steroid dienone is 1. The molecule has 3 aromatic rings. The van der Waals surface area contributed by atoms with E-state index in [2.05, 4.69) is 40.5 Å². The van der Waals surface area contributed by atoms with Crippen molar-refractivity contribution in [1.29, 1.82) is 0 Å². The van der Waals surface area contributed by atoms with E-state index in [0.29, 0.717) is 76.4 Å². The Morgan fingerprint density at radius 3 is 2.62 bits per heavy atom. The number of nitrogens with one attached hydrogen (secondary N) is 1. The zero-order valence-corrected chi connectivity index (χ0v) is 30.0. The Morgan fingerprint density at radius 1 is 1.15 bits per heavy atom. The van der Waals surface area contributed by atoms with E-state index in [-0.39, 0.29) is 11.8 Å². The van der Waals surface area contributed by atoms with Gasteiger partial charge in [0.1, 0.15) is 16.5 Å². The Labute approximate surface area is 294 Å².